The minimum absolute atomic E-state index is 0.0126. The summed E-state index contributed by atoms with van der Waals surface area (Å²) < 4.78 is 40.4. The van der Waals surface area contributed by atoms with Crippen LogP contribution in [0.3, 0.4) is 0 Å². The van der Waals surface area contributed by atoms with E-state index < -0.39 is 33.9 Å². The lowest BCUT2D eigenvalue weighted by atomic mass is 9.94. The highest BCUT2D eigenvalue weighted by atomic mass is 32.2. The number of carbonyl (C=O) groups is 1. The molecule has 0 saturated carbocycles. The van der Waals surface area contributed by atoms with Crippen LogP contribution in [0.15, 0.2) is 53.4 Å². The first-order valence-corrected chi connectivity index (χ1v) is 9.51. The Hall–Kier alpha value is -2.96. The number of nitriles is 1. The van der Waals surface area contributed by atoms with Crippen molar-refractivity contribution in [3.63, 3.8) is 0 Å². The van der Waals surface area contributed by atoms with Gasteiger partial charge in [-0.2, -0.15) is 9.57 Å². The van der Waals surface area contributed by atoms with E-state index in [1.165, 1.54) is 42.5 Å². The van der Waals surface area contributed by atoms with Gasteiger partial charge in [0.1, 0.15) is 11.9 Å². The van der Waals surface area contributed by atoms with Gasteiger partial charge in [-0.3, -0.25) is 0 Å². The van der Waals surface area contributed by atoms with Gasteiger partial charge in [0.05, 0.1) is 16.5 Å². The number of amides is 1. The van der Waals surface area contributed by atoms with Gasteiger partial charge in [-0.15, -0.1) is 0 Å². The zero-order valence-electron chi connectivity index (χ0n) is 14.0. The van der Waals surface area contributed by atoms with Gasteiger partial charge in [-0.05, 0) is 29.8 Å². The van der Waals surface area contributed by atoms with Gasteiger partial charge in [0.25, 0.3) is 0 Å². The average Bonchev–Trinajstić information content (AvgIpc) is 3.06. The first kappa shape index (κ1) is 18.8. The summed E-state index contributed by atoms with van der Waals surface area (Å²) in [5, 5.41) is 20.6. The molecule has 0 spiro atoms. The number of sulfonamides is 1. The van der Waals surface area contributed by atoms with Crippen LogP contribution >= 0.6 is 0 Å². The van der Waals surface area contributed by atoms with Crippen LogP contribution in [0, 0.1) is 17.1 Å². The van der Waals surface area contributed by atoms with E-state index in [1.807, 2.05) is 6.07 Å². The van der Waals surface area contributed by atoms with E-state index in [0.717, 1.165) is 4.31 Å². The van der Waals surface area contributed by atoms with Crippen molar-refractivity contribution < 1.29 is 22.7 Å². The zero-order chi connectivity index (χ0) is 19.6. The minimum Gasteiger partial charge on any atom is -0.465 e. The Labute approximate surface area is 155 Å². The van der Waals surface area contributed by atoms with Crippen LogP contribution in [0.5, 0.6) is 0 Å². The van der Waals surface area contributed by atoms with E-state index in [-0.39, 0.29) is 23.5 Å². The van der Waals surface area contributed by atoms with Crippen LogP contribution in [0.25, 0.3) is 0 Å². The Balaban J connectivity index is 1.96. The number of halogens is 1. The number of rotatable bonds is 4. The molecule has 27 heavy (non-hydrogen) atoms. The molecule has 9 heteroatoms. The smallest absolute Gasteiger partial charge is 0.404 e. The van der Waals surface area contributed by atoms with E-state index in [2.05, 4.69) is 5.32 Å². The lowest BCUT2D eigenvalue weighted by Crippen LogP contribution is -2.39. The van der Waals surface area contributed by atoms with Crippen LogP contribution in [0.2, 0.25) is 0 Å². The highest BCUT2D eigenvalue weighted by Crippen LogP contribution is 2.32. The van der Waals surface area contributed by atoms with Crippen molar-refractivity contribution in [2.24, 2.45) is 0 Å². The molecule has 0 unspecified atom stereocenters. The maximum absolute atomic E-state index is 13.2. The summed E-state index contributed by atoms with van der Waals surface area (Å²) in [6.07, 6.45) is -1.27. The normalized spacial score (nSPS) is 20.1. The van der Waals surface area contributed by atoms with Crippen molar-refractivity contribution in [3.8, 4) is 6.07 Å². The fourth-order valence-corrected chi connectivity index (χ4v) is 4.87. The van der Waals surface area contributed by atoms with Gasteiger partial charge in [0.2, 0.25) is 10.0 Å². The first-order chi connectivity index (χ1) is 12.8. The topological polar surface area (TPSA) is 111 Å². The molecular formula is C18H16FN3O4S. The molecule has 2 atom stereocenters. The highest BCUT2D eigenvalue weighted by molar-refractivity contribution is 7.89. The monoisotopic (exact) mass is 389 g/mol. The summed E-state index contributed by atoms with van der Waals surface area (Å²) in [5.74, 6) is -0.919. The maximum Gasteiger partial charge on any atom is 0.404 e. The number of nitrogens with zero attached hydrogens (tertiary/aromatic N) is 2. The van der Waals surface area contributed by atoms with Crippen molar-refractivity contribution in [2.45, 2.75) is 16.9 Å². The molecule has 1 saturated heterocycles. The van der Waals surface area contributed by atoms with E-state index in [1.54, 1.807) is 6.07 Å². The molecule has 0 radical (unpaired) electrons. The Morgan fingerprint density at radius 2 is 1.85 bits per heavy atom. The molecule has 0 aliphatic carbocycles. The SMILES string of the molecule is N#Cc1ccccc1S(=O)(=O)N1C[C@H](NC(=O)O)[C@@H](c2ccc(F)cc2)C1. The number of nitrogens with one attached hydrogen (secondary N) is 1. The zero-order valence-corrected chi connectivity index (χ0v) is 14.9. The Bertz CT molecular complexity index is 1000. The molecule has 2 N–H and O–H groups in total. The summed E-state index contributed by atoms with van der Waals surface area (Å²) in [5.41, 5.74) is 0.645. The Morgan fingerprint density at radius 1 is 1.19 bits per heavy atom. The van der Waals surface area contributed by atoms with E-state index in [9.17, 15) is 22.9 Å². The average molecular weight is 389 g/mol. The molecule has 2 aromatic rings. The lowest BCUT2D eigenvalue weighted by molar-refractivity contribution is 0.189. The standard InChI is InChI=1S/C18H16FN3O4S/c19-14-7-5-12(6-8-14)15-10-22(11-16(15)21-18(23)24)27(25,26)17-4-2-1-3-13(17)9-20/h1-8,15-16,21H,10-11H2,(H,23,24)/t15-,16+/m1/s1. The largest absolute Gasteiger partial charge is 0.465 e. The van der Waals surface area contributed by atoms with E-state index >= 15 is 0 Å². The Morgan fingerprint density at radius 3 is 2.48 bits per heavy atom. The number of hydrogen-bond donors (Lipinski definition) is 2. The first-order valence-electron chi connectivity index (χ1n) is 8.07. The van der Waals surface area contributed by atoms with Gasteiger partial charge in [-0.25, -0.2) is 17.6 Å². The molecule has 1 heterocycles. The fraction of sp³-hybridized carbons (Fsp3) is 0.222. The summed E-state index contributed by atoms with van der Waals surface area (Å²) >= 11 is 0. The third-order valence-corrected chi connectivity index (χ3v) is 6.41. The summed E-state index contributed by atoms with van der Waals surface area (Å²) in [7, 11) is -4.00. The van der Waals surface area contributed by atoms with Crippen LogP contribution < -0.4 is 5.32 Å². The minimum atomic E-state index is -4.00. The Kier molecular flexibility index (Phi) is 5.12. The van der Waals surface area contributed by atoms with E-state index in [0.29, 0.717) is 5.56 Å². The molecule has 1 fully saturated rings. The summed E-state index contributed by atoms with van der Waals surface area (Å²) in [6.45, 7) is -0.0743. The third kappa shape index (κ3) is 3.77. The highest BCUT2D eigenvalue weighted by Gasteiger charge is 2.41. The lowest BCUT2D eigenvalue weighted by Gasteiger charge is -2.18. The van der Waals surface area contributed by atoms with Gasteiger partial charge >= 0.3 is 6.09 Å². The van der Waals surface area contributed by atoms with Crippen molar-refractivity contribution in [3.05, 3.63) is 65.5 Å². The molecule has 2 aromatic carbocycles. The van der Waals surface area contributed by atoms with E-state index in [4.69, 9.17) is 5.11 Å². The van der Waals surface area contributed by atoms with Crippen molar-refractivity contribution in [1.29, 1.82) is 5.26 Å². The van der Waals surface area contributed by atoms with Gasteiger partial charge in [0.15, 0.2) is 0 Å². The molecule has 0 aromatic heterocycles. The van der Waals surface area contributed by atoms with Crippen molar-refractivity contribution >= 4 is 16.1 Å². The van der Waals surface area contributed by atoms with Gasteiger partial charge < -0.3 is 10.4 Å². The van der Waals surface area contributed by atoms with Crippen LogP contribution in [0.4, 0.5) is 9.18 Å². The van der Waals surface area contributed by atoms with Crippen LogP contribution in [-0.4, -0.2) is 43.1 Å². The molecule has 3 rings (SSSR count). The molecule has 7 nitrogen and oxygen atoms in total. The number of hydrogen-bond acceptors (Lipinski definition) is 4. The quantitative estimate of drug-likeness (QED) is 0.832. The molecule has 0 bridgehead atoms. The van der Waals surface area contributed by atoms with Crippen molar-refractivity contribution in [2.75, 3.05) is 13.1 Å². The molecule has 140 valence electrons. The van der Waals surface area contributed by atoms with Crippen LogP contribution in [-0.2, 0) is 10.0 Å². The number of carboxylic acid groups (broad SMARTS) is 1. The second-order valence-corrected chi connectivity index (χ2v) is 8.05. The van der Waals surface area contributed by atoms with Crippen molar-refractivity contribution in [1.82, 2.24) is 9.62 Å². The summed E-state index contributed by atoms with van der Waals surface area (Å²) in [4.78, 5) is 11.0. The summed E-state index contributed by atoms with van der Waals surface area (Å²) in [6, 6.07) is 12.5. The van der Waals surface area contributed by atoms with Gasteiger partial charge in [-0.1, -0.05) is 24.3 Å². The maximum atomic E-state index is 13.2. The molecule has 1 aliphatic rings. The fourth-order valence-electron chi connectivity index (χ4n) is 3.24. The van der Waals surface area contributed by atoms with Gasteiger partial charge in [0, 0.05) is 19.0 Å². The predicted octanol–water partition coefficient (Wildman–Crippen LogP) is 2.12. The third-order valence-electron chi connectivity index (χ3n) is 4.52. The second-order valence-electron chi connectivity index (χ2n) is 6.14. The predicted molar refractivity (Wildman–Crippen MR) is 94.0 cm³/mol. The molecular weight excluding hydrogens is 373 g/mol. The van der Waals surface area contributed by atoms with Crippen LogP contribution in [0.1, 0.15) is 17.0 Å². The number of benzene rings is 2. The molecule has 1 amide bonds. The second kappa shape index (κ2) is 7.34. The molecule has 1 aliphatic heterocycles.